The van der Waals surface area contributed by atoms with E-state index in [0.29, 0.717) is 36.2 Å². The highest BCUT2D eigenvalue weighted by atomic mass is 32.2. The predicted octanol–water partition coefficient (Wildman–Crippen LogP) is 1.83. The smallest absolute Gasteiger partial charge is 0.243 e. The summed E-state index contributed by atoms with van der Waals surface area (Å²) in [5, 5.41) is 0.348. The van der Waals surface area contributed by atoms with Crippen LogP contribution in [0, 0.1) is 0 Å². The molecule has 2 rings (SSSR count). The molecule has 1 fully saturated rings. The van der Waals surface area contributed by atoms with E-state index in [0.717, 1.165) is 16.9 Å². The summed E-state index contributed by atoms with van der Waals surface area (Å²) in [7, 11) is -3.41. The molecule has 1 unspecified atom stereocenters. The fourth-order valence-electron chi connectivity index (χ4n) is 2.40. The predicted molar refractivity (Wildman–Crippen MR) is 84.4 cm³/mol. The number of hydrogen-bond acceptors (Lipinski definition) is 4. The molecule has 1 aromatic carbocycles. The second kappa shape index (κ2) is 6.47. The molecule has 0 bridgehead atoms. The molecule has 20 heavy (non-hydrogen) atoms. The Morgan fingerprint density at radius 2 is 2.20 bits per heavy atom. The van der Waals surface area contributed by atoms with Gasteiger partial charge in [-0.1, -0.05) is 26.0 Å². The molecule has 4 nitrogen and oxygen atoms in total. The van der Waals surface area contributed by atoms with Gasteiger partial charge in [-0.25, -0.2) is 8.42 Å². The number of rotatable bonds is 4. The molecule has 1 aliphatic rings. The van der Waals surface area contributed by atoms with E-state index in [1.807, 2.05) is 30.8 Å². The quantitative estimate of drug-likeness (QED) is 0.921. The van der Waals surface area contributed by atoms with Crippen LogP contribution in [0.15, 0.2) is 23.1 Å². The van der Waals surface area contributed by atoms with Crippen LogP contribution in [-0.2, 0) is 23.0 Å². The van der Waals surface area contributed by atoms with Crippen molar-refractivity contribution < 1.29 is 8.42 Å². The second-order valence-electron chi connectivity index (χ2n) is 5.04. The average molecular weight is 314 g/mol. The third-order valence-electron chi connectivity index (χ3n) is 3.57. The van der Waals surface area contributed by atoms with Crippen molar-refractivity contribution in [3.8, 4) is 0 Å². The van der Waals surface area contributed by atoms with Gasteiger partial charge >= 0.3 is 0 Å². The van der Waals surface area contributed by atoms with Crippen molar-refractivity contribution in [3.05, 3.63) is 29.3 Å². The second-order valence-corrected chi connectivity index (χ2v) is 8.50. The van der Waals surface area contributed by atoms with Gasteiger partial charge in [-0.2, -0.15) is 16.1 Å². The lowest BCUT2D eigenvalue weighted by Gasteiger charge is -2.30. The van der Waals surface area contributed by atoms with Gasteiger partial charge in [-0.05, 0) is 23.6 Å². The number of sulfonamides is 1. The van der Waals surface area contributed by atoms with Gasteiger partial charge in [0.25, 0.3) is 0 Å². The first-order valence-electron chi connectivity index (χ1n) is 6.92. The van der Waals surface area contributed by atoms with Crippen LogP contribution >= 0.6 is 11.8 Å². The van der Waals surface area contributed by atoms with E-state index >= 15 is 0 Å². The van der Waals surface area contributed by atoms with Gasteiger partial charge in [-0.3, -0.25) is 0 Å². The molecule has 1 aliphatic heterocycles. The fraction of sp³-hybridized carbons (Fsp3) is 0.571. The summed E-state index contributed by atoms with van der Waals surface area (Å²) in [4.78, 5) is 0.432. The number of hydrogen-bond donors (Lipinski definition) is 1. The zero-order valence-corrected chi connectivity index (χ0v) is 13.6. The molecule has 0 amide bonds. The minimum absolute atomic E-state index is 0.348. The van der Waals surface area contributed by atoms with Crippen LogP contribution in [0.4, 0.5) is 0 Å². The van der Waals surface area contributed by atoms with Gasteiger partial charge in [0, 0.05) is 30.6 Å². The van der Waals surface area contributed by atoms with Crippen molar-refractivity contribution in [2.45, 2.75) is 37.0 Å². The lowest BCUT2D eigenvalue weighted by Crippen LogP contribution is -2.41. The molecule has 0 saturated carbocycles. The summed E-state index contributed by atoms with van der Waals surface area (Å²) in [6.07, 6.45) is 0.706. The van der Waals surface area contributed by atoms with E-state index in [4.69, 9.17) is 5.73 Å². The first kappa shape index (κ1) is 15.8. The monoisotopic (exact) mass is 314 g/mol. The van der Waals surface area contributed by atoms with Crippen molar-refractivity contribution in [2.24, 2.45) is 5.73 Å². The Balaban J connectivity index is 2.42. The van der Waals surface area contributed by atoms with E-state index < -0.39 is 10.0 Å². The Hall–Kier alpha value is -0.560. The minimum Gasteiger partial charge on any atom is -0.326 e. The van der Waals surface area contributed by atoms with Gasteiger partial charge in [0.1, 0.15) is 0 Å². The van der Waals surface area contributed by atoms with Gasteiger partial charge in [0.2, 0.25) is 10.0 Å². The Bertz CT molecular complexity index is 573. The highest BCUT2D eigenvalue weighted by Crippen LogP contribution is 2.27. The third kappa shape index (κ3) is 3.19. The van der Waals surface area contributed by atoms with Crippen LogP contribution in [-0.4, -0.2) is 36.8 Å². The highest BCUT2D eigenvalue weighted by molar-refractivity contribution is 8.00. The maximum Gasteiger partial charge on any atom is 0.243 e. The maximum absolute atomic E-state index is 12.9. The molecule has 2 N–H and O–H groups in total. The van der Waals surface area contributed by atoms with Gasteiger partial charge in [0.05, 0.1) is 4.90 Å². The summed E-state index contributed by atoms with van der Waals surface area (Å²) in [6.45, 7) is 5.59. The molecule has 0 aromatic heterocycles. The van der Waals surface area contributed by atoms with Gasteiger partial charge in [0.15, 0.2) is 0 Å². The molecule has 1 atom stereocenters. The van der Waals surface area contributed by atoms with E-state index in [9.17, 15) is 8.42 Å². The zero-order valence-electron chi connectivity index (χ0n) is 12.0. The van der Waals surface area contributed by atoms with E-state index in [-0.39, 0.29) is 0 Å². The normalized spacial score (nSPS) is 21.1. The van der Waals surface area contributed by atoms with Gasteiger partial charge < -0.3 is 5.73 Å². The molecule has 1 saturated heterocycles. The highest BCUT2D eigenvalue weighted by Gasteiger charge is 2.30. The van der Waals surface area contributed by atoms with Crippen molar-refractivity contribution in [1.29, 1.82) is 0 Å². The molecule has 0 spiro atoms. The van der Waals surface area contributed by atoms with E-state index in [2.05, 4.69) is 6.92 Å². The summed E-state index contributed by atoms with van der Waals surface area (Å²) in [5.74, 6) is 0.860. The Morgan fingerprint density at radius 1 is 1.45 bits per heavy atom. The standard InChI is InChI=1S/C14H22N2O2S2/c1-3-13-5-4-12(9-15)8-14(13)20(17,18)16-6-7-19-11(2)10-16/h4-5,8,11H,3,6-7,9-10,15H2,1-2H3. The summed E-state index contributed by atoms with van der Waals surface area (Å²) in [5.41, 5.74) is 7.37. The lowest BCUT2D eigenvalue weighted by molar-refractivity contribution is 0.423. The van der Waals surface area contributed by atoms with E-state index in [1.165, 1.54) is 0 Å². The fourth-order valence-corrected chi connectivity index (χ4v) is 5.50. The molecule has 6 heteroatoms. The van der Waals surface area contributed by atoms with Crippen molar-refractivity contribution >= 4 is 21.8 Å². The molecule has 1 aromatic rings. The molecule has 112 valence electrons. The van der Waals surface area contributed by atoms with Crippen molar-refractivity contribution in [2.75, 3.05) is 18.8 Å². The first-order valence-corrected chi connectivity index (χ1v) is 9.41. The summed E-state index contributed by atoms with van der Waals surface area (Å²) >= 11 is 1.82. The van der Waals surface area contributed by atoms with Gasteiger partial charge in [-0.15, -0.1) is 0 Å². The van der Waals surface area contributed by atoms with Crippen LogP contribution in [0.5, 0.6) is 0 Å². The minimum atomic E-state index is -3.41. The summed E-state index contributed by atoms with van der Waals surface area (Å²) < 4.78 is 27.3. The zero-order chi connectivity index (χ0) is 14.8. The SMILES string of the molecule is CCc1ccc(CN)cc1S(=O)(=O)N1CCSC(C)C1. The Labute approximate surface area is 125 Å². The number of thioether (sulfide) groups is 1. The number of aryl methyl sites for hydroxylation is 1. The van der Waals surface area contributed by atoms with Crippen LogP contribution in [0.2, 0.25) is 0 Å². The van der Waals surface area contributed by atoms with Crippen LogP contribution < -0.4 is 5.73 Å². The number of benzene rings is 1. The average Bonchev–Trinajstić information content (AvgIpc) is 2.46. The van der Waals surface area contributed by atoms with Crippen LogP contribution in [0.3, 0.4) is 0 Å². The third-order valence-corrected chi connectivity index (χ3v) is 6.65. The van der Waals surface area contributed by atoms with Crippen molar-refractivity contribution in [3.63, 3.8) is 0 Å². The largest absolute Gasteiger partial charge is 0.326 e. The molecule has 0 aliphatic carbocycles. The lowest BCUT2D eigenvalue weighted by atomic mass is 10.1. The Kier molecular flexibility index (Phi) is 5.12. The topological polar surface area (TPSA) is 63.4 Å². The molecular weight excluding hydrogens is 292 g/mol. The summed E-state index contributed by atoms with van der Waals surface area (Å²) in [6, 6.07) is 5.53. The maximum atomic E-state index is 12.9. The molecule has 1 heterocycles. The molecular formula is C14H22N2O2S2. The molecule has 0 radical (unpaired) electrons. The number of nitrogens with two attached hydrogens (primary N) is 1. The Morgan fingerprint density at radius 3 is 2.80 bits per heavy atom. The van der Waals surface area contributed by atoms with Crippen molar-refractivity contribution in [1.82, 2.24) is 4.31 Å². The number of nitrogens with zero attached hydrogens (tertiary/aromatic N) is 1. The van der Waals surface area contributed by atoms with Crippen LogP contribution in [0.25, 0.3) is 0 Å². The van der Waals surface area contributed by atoms with Crippen LogP contribution in [0.1, 0.15) is 25.0 Å². The van der Waals surface area contributed by atoms with E-state index in [1.54, 1.807) is 10.4 Å². The first-order chi connectivity index (χ1) is 9.48.